The fourth-order valence-electron chi connectivity index (χ4n) is 2.35. The van der Waals surface area contributed by atoms with Gasteiger partial charge in [-0.3, -0.25) is 0 Å². The molecule has 18 heavy (non-hydrogen) atoms. The van der Waals surface area contributed by atoms with Crippen LogP contribution in [-0.2, 0) is 4.74 Å². The second-order valence-corrected chi connectivity index (χ2v) is 4.56. The smallest absolute Gasteiger partial charge is 0.181 e. The molecular weight excluding hydrogens is 254 g/mol. The summed E-state index contributed by atoms with van der Waals surface area (Å²) in [7, 11) is 0. The summed E-state index contributed by atoms with van der Waals surface area (Å²) in [6.45, 7) is 5.51. The number of benzene rings is 1. The van der Waals surface area contributed by atoms with E-state index in [9.17, 15) is 0 Å². The minimum atomic E-state index is 0. The molecular formula is C13H18ClNO3. The van der Waals surface area contributed by atoms with E-state index in [0.29, 0.717) is 6.61 Å². The number of hydrogen-bond donors (Lipinski definition) is 1. The van der Waals surface area contributed by atoms with Crippen LogP contribution in [0.1, 0.15) is 0 Å². The lowest BCUT2D eigenvalue weighted by atomic mass is 10.2. The zero-order valence-electron chi connectivity index (χ0n) is 10.2. The highest BCUT2D eigenvalue weighted by atomic mass is 35.5. The normalized spacial score (nSPS) is 23.2. The Hall–Kier alpha value is -0.970. The van der Waals surface area contributed by atoms with Crippen LogP contribution >= 0.6 is 0 Å². The molecule has 3 rings (SSSR count). The maximum Gasteiger partial charge on any atom is 0.181 e. The third-order valence-electron chi connectivity index (χ3n) is 3.28. The first-order valence-corrected chi connectivity index (χ1v) is 6.21. The van der Waals surface area contributed by atoms with Crippen LogP contribution in [0.15, 0.2) is 24.3 Å². The molecule has 1 fully saturated rings. The molecule has 1 aromatic rings. The number of rotatable bonds is 2. The van der Waals surface area contributed by atoms with E-state index in [-0.39, 0.29) is 18.5 Å². The summed E-state index contributed by atoms with van der Waals surface area (Å²) in [6, 6.07) is 7.87. The van der Waals surface area contributed by atoms with Gasteiger partial charge in [-0.1, -0.05) is 12.1 Å². The number of ether oxygens (including phenoxy) is 3. The predicted molar refractivity (Wildman–Crippen MR) is 62.7 cm³/mol. The topological polar surface area (TPSA) is 32.1 Å². The van der Waals surface area contributed by atoms with E-state index >= 15 is 0 Å². The standard InChI is InChI=1S/C13H17NO3.ClH/c1-2-4-13-12(3-1)16-10-11(17-13)9-14-5-7-15-8-6-14;/h1-4,11H,5-10H2;1H. The van der Waals surface area contributed by atoms with Crippen LogP contribution in [0.2, 0.25) is 0 Å². The van der Waals surface area contributed by atoms with Gasteiger partial charge >= 0.3 is 0 Å². The molecule has 0 radical (unpaired) electrons. The van der Waals surface area contributed by atoms with Gasteiger partial charge in [0.15, 0.2) is 17.6 Å². The second kappa shape index (κ2) is 6.27. The highest BCUT2D eigenvalue weighted by molar-refractivity contribution is 5.40. The number of fused-ring (bicyclic) bond motifs is 1. The van der Waals surface area contributed by atoms with Crippen molar-refractivity contribution >= 4 is 0 Å². The first kappa shape index (κ1) is 13.5. The molecule has 0 aromatic heterocycles. The second-order valence-electron chi connectivity index (χ2n) is 4.56. The molecule has 1 N–H and O–H groups in total. The predicted octanol–water partition coefficient (Wildman–Crippen LogP) is -3.25. The van der Waals surface area contributed by atoms with E-state index in [4.69, 9.17) is 14.2 Å². The molecule has 2 heterocycles. The Bertz CT molecular complexity index is 382. The van der Waals surface area contributed by atoms with E-state index in [1.54, 1.807) is 4.90 Å². The van der Waals surface area contributed by atoms with Crippen molar-refractivity contribution in [2.45, 2.75) is 6.10 Å². The Labute approximate surface area is 113 Å². The molecule has 1 aromatic carbocycles. The monoisotopic (exact) mass is 271 g/mol. The molecule has 0 spiro atoms. The van der Waals surface area contributed by atoms with Gasteiger partial charge in [-0.25, -0.2) is 0 Å². The van der Waals surface area contributed by atoms with Gasteiger partial charge in [0.1, 0.15) is 26.2 Å². The van der Waals surface area contributed by atoms with Crippen molar-refractivity contribution < 1.29 is 31.5 Å². The van der Waals surface area contributed by atoms with Crippen LogP contribution in [0.25, 0.3) is 0 Å². The number of hydrogen-bond acceptors (Lipinski definition) is 3. The summed E-state index contributed by atoms with van der Waals surface area (Å²) in [6.07, 6.45) is 0.165. The number of quaternary nitrogens is 1. The maximum atomic E-state index is 5.95. The fraction of sp³-hybridized carbons (Fsp3) is 0.538. The van der Waals surface area contributed by atoms with Crippen LogP contribution in [-0.4, -0.2) is 45.6 Å². The van der Waals surface area contributed by atoms with Crippen LogP contribution in [0.4, 0.5) is 0 Å². The Morgan fingerprint density at radius 3 is 2.61 bits per heavy atom. The van der Waals surface area contributed by atoms with Crippen molar-refractivity contribution in [3.63, 3.8) is 0 Å². The van der Waals surface area contributed by atoms with Crippen molar-refractivity contribution in [3.05, 3.63) is 24.3 Å². The molecule has 1 saturated heterocycles. The molecule has 0 aliphatic carbocycles. The van der Waals surface area contributed by atoms with E-state index in [2.05, 4.69) is 0 Å². The molecule has 2 aliphatic rings. The molecule has 2 aliphatic heterocycles. The van der Waals surface area contributed by atoms with Crippen molar-refractivity contribution in [2.75, 3.05) is 39.5 Å². The Morgan fingerprint density at radius 2 is 1.83 bits per heavy atom. The van der Waals surface area contributed by atoms with Crippen molar-refractivity contribution in [2.24, 2.45) is 0 Å². The largest absolute Gasteiger partial charge is 1.00 e. The third kappa shape index (κ3) is 3.07. The van der Waals surface area contributed by atoms with E-state index < -0.39 is 0 Å². The molecule has 100 valence electrons. The highest BCUT2D eigenvalue weighted by Gasteiger charge is 2.26. The van der Waals surface area contributed by atoms with Crippen molar-refractivity contribution in [1.82, 2.24) is 0 Å². The molecule has 1 unspecified atom stereocenters. The minimum absolute atomic E-state index is 0. The van der Waals surface area contributed by atoms with E-state index in [1.807, 2.05) is 24.3 Å². The molecule has 5 heteroatoms. The van der Waals surface area contributed by atoms with Gasteiger partial charge in [0.25, 0.3) is 0 Å². The quantitative estimate of drug-likeness (QED) is 0.613. The van der Waals surface area contributed by atoms with Gasteiger partial charge in [0.05, 0.1) is 13.2 Å². The number of halogens is 1. The van der Waals surface area contributed by atoms with Gasteiger partial charge in [-0.15, -0.1) is 0 Å². The zero-order chi connectivity index (χ0) is 11.5. The van der Waals surface area contributed by atoms with Gasteiger partial charge in [0, 0.05) is 0 Å². The lowest BCUT2D eigenvalue weighted by molar-refractivity contribution is -0.910. The average molecular weight is 272 g/mol. The molecule has 0 bridgehead atoms. The maximum absolute atomic E-state index is 5.95. The number of nitrogens with one attached hydrogen (secondary N) is 1. The average Bonchev–Trinajstić information content (AvgIpc) is 2.40. The summed E-state index contributed by atoms with van der Waals surface area (Å²) in [5.41, 5.74) is 0. The lowest BCUT2D eigenvalue weighted by Crippen LogP contribution is -3.15. The van der Waals surface area contributed by atoms with Gasteiger partial charge in [-0.05, 0) is 12.1 Å². The first-order chi connectivity index (χ1) is 8.42. The molecule has 0 amide bonds. The Morgan fingerprint density at radius 1 is 1.11 bits per heavy atom. The van der Waals surface area contributed by atoms with E-state index in [1.165, 1.54) is 0 Å². The fourth-order valence-corrected chi connectivity index (χ4v) is 2.35. The summed E-state index contributed by atoms with van der Waals surface area (Å²) in [5.74, 6) is 1.73. The van der Waals surface area contributed by atoms with Crippen molar-refractivity contribution in [3.8, 4) is 11.5 Å². The molecule has 1 atom stereocenters. The van der Waals surface area contributed by atoms with Crippen LogP contribution < -0.4 is 26.8 Å². The van der Waals surface area contributed by atoms with E-state index in [0.717, 1.165) is 44.3 Å². The summed E-state index contributed by atoms with van der Waals surface area (Å²) >= 11 is 0. The highest BCUT2D eigenvalue weighted by Crippen LogP contribution is 2.30. The van der Waals surface area contributed by atoms with Gasteiger partial charge in [0.2, 0.25) is 0 Å². The lowest BCUT2D eigenvalue weighted by Gasteiger charge is -2.30. The summed E-state index contributed by atoms with van der Waals surface area (Å²) < 4.78 is 17.0. The molecule has 4 nitrogen and oxygen atoms in total. The Kier molecular flexibility index (Phi) is 4.69. The zero-order valence-corrected chi connectivity index (χ0v) is 11.0. The molecule has 0 saturated carbocycles. The first-order valence-electron chi connectivity index (χ1n) is 6.21. The third-order valence-corrected chi connectivity index (χ3v) is 3.28. The summed E-state index contributed by atoms with van der Waals surface area (Å²) in [5, 5.41) is 0. The number of para-hydroxylation sites is 2. The van der Waals surface area contributed by atoms with Gasteiger partial charge < -0.3 is 31.5 Å². The number of morpholine rings is 1. The van der Waals surface area contributed by atoms with Crippen LogP contribution in [0.3, 0.4) is 0 Å². The van der Waals surface area contributed by atoms with Crippen LogP contribution in [0.5, 0.6) is 11.5 Å². The minimum Gasteiger partial charge on any atom is -1.00 e. The van der Waals surface area contributed by atoms with Gasteiger partial charge in [-0.2, -0.15) is 0 Å². The van der Waals surface area contributed by atoms with Crippen molar-refractivity contribution in [1.29, 1.82) is 0 Å². The SMILES string of the molecule is [Cl-].c1ccc2c(c1)OCC(C[NH+]1CCOCC1)O2. The Balaban J connectivity index is 0.00000120. The summed E-state index contributed by atoms with van der Waals surface area (Å²) in [4.78, 5) is 1.55. The van der Waals surface area contributed by atoms with Crippen LogP contribution in [0, 0.1) is 0 Å².